The highest BCUT2D eigenvalue weighted by atomic mass is 19.1. The van der Waals surface area contributed by atoms with E-state index in [9.17, 15) is 14.3 Å². The standard InChI is InChI=1S/C14H16FNO2/c1-2-3-4-5-14(18)16-10-13(17)11-6-8-12(15)9-7-11/h2-9,13,17H,10H2,1H3,(H,16,18). The van der Waals surface area contributed by atoms with Crippen LogP contribution in [0.3, 0.4) is 0 Å². The largest absolute Gasteiger partial charge is 0.387 e. The van der Waals surface area contributed by atoms with Crippen LogP contribution in [0, 0.1) is 5.82 Å². The predicted molar refractivity (Wildman–Crippen MR) is 68.3 cm³/mol. The van der Waals surface area contributed by atoms with E-state index in [0.29, 0.717) is 5.56 Å². The van der Waals surface area contributed by atoms with E-state index in [-0.39, 0.29) is 18.3 Å². The van der Waals surface area contributed by atoms with E-state index in [0.717, 1.165) is 0 Å². The van der Waals surface area contributed by atoms with Gasteiger partial charge in [0.2, 0.25) is 5.91 Å². The van der Waals surface area contributed by atoms with Gasteiger partial charge in [-0.3, -0.25) is 4.79 Å². The first-order chi connectivity index (χ1) is 8.63. The summed E-state index contributed by atoms with van der Waals surface area (Å²) in [6.07, 6.45) is 5.68. The molecular weight excluding hydrogens is 233 g/mol. The van der Waals surface area contributed by atoms with E-state index in [4.69, 9.17) is 0 Å². The summed E-state index contributed by atoms with van der Waals surface area (Å²) in [5.41, 5.74) is 0.564. The van der Waals surface area contributed by atoms with Crippen LogP contribution in [0.1, 0.15) is 18.6 Å². The maximum atomic E-state index is 12.7. The van der Waals surface area contributed by atoms with Crippen LogP contribution in [0.25, 0.3) is 0 Å². The number of halogens is 1. The van der Waals surface area contributed by atoms with Gasteiger partial charge in [-0.2, -0.15) is 0 Å². The normalized spacial score (nSPS) is 13.1. The van der Waals surface area contributed by atoms with Gasteiger partial charge in [-0.25, -0.2) is 4.39 Å². The van der Waals surface area contributed by atoms with E-state index in [2.05, 4.69) is 5.32 Å². The van der Waals surface area contributed by atoms with Crippen LogP contribution in [0.4, 0.5) is 4.39 Å². The number of hydrogen-bond donors (Lipinski definition) is 2. The molecule has 0 radical (unpaired) electrons. The molecule has 0 heterocycles. The number of carbonyl (C=O) groups excluding carboxylic acids is 1. The summed E-state index contributed by atoms with van der Waals surface area (Å²) < 4.78 is 12.7. The fourth-order valence-corrected chi connectivity index (χ4v) is 1.31. The van der Waals surface area contributed by atoms with Crippen LogP contribution >= 0.6 is 0 Å². The molecule has 0 aliphatic carbocycles. The van der Waals surface area contributed by atoms with Crippen molar-refractivity contribution in [3.05, 3.63) is 60.0 Å². The van der Waals surface area contributed by atoms with E-state index in [1.807, 2.05) is 6.92 Å². The Hall–Kier alpha value is -1.94. The van der Waals surface area contributed by atoms with Gasteiger partial charge in [-0.05, 0) is 24.6 Å². The third-order valence-electron chi connectivity index (χ3n) is 2.28. The number of nitrogens with one attached hydrogen (secondary N) is 1. The number of rotatable bonds is 5. The number of carbonyl (C=O) groups is 1. The summed E-state index contributed by atoms with van der Waals surface area (Å²) in [4.78, 5) is 11.3. The molecule has 0 aliphatic heterocycles. The van der Waals surface area contributed by atoms with Gasteiger partial charge in [0.1, 0.15) is 5.82 Å². The summed E-state index contributed by atoms with van der Waals surface area (Å²) in [5, 5.41) is 12.3. The Labute approximate surface area is 106 Å². The van der Waals surface area contributed by atoms with E-state index in [1.54, 1.807) is 18.2 Å². The first kappa shape index (κ1) is 14.1. The Bertz CT molecular complexity index is 438. The van der Waals surface area contributed by atoms with Crippen LogP contribution in [0.5, 0.6) is 0 Å². The lowest BCUT2D eigenvalue weighted by atomic mass is 10.1. The maximum absolute atomic E-state index is 12.7. The molecule has 0 bridgehead atoms. The van der Waals surface area contributed by atoms with Gasteiger partial charge in [-0.1, -0.05) is 30.4 Å². The SMILES string of the molecule is CC=CC=CC(=O)NCC(O)c1ccc(F)cc1. The predicted octanol–water partition coefficient (Wildman–Crippen LogP) is 2.11. The molecule has 0 aromatic heterocycles. The summed E-state index contributed by atoms with van der Waals surface area (Å²) in [6.45, 7) is 1.94. The first-order valence-corrected chi connectivity index (χ1v) is 5.64. The van der Waals surface area contributed by atoms with Crippen molar-refractivity contribution >= 4 is 5.91 Å². The molecule has 1 atom stereocenters. The van der Waals surface area contributed by atoms with Crippen LogP contribution in [-0.4, -0.2) is 17.6 Å². The topological polar surface area (TPSA) is 49.3 Å². The summed E-state index contributed by atoms with van der Waals surface area (Å²) in [7, 11) is 0. The van der Waals surface area contributed by atoms with E-state index >= 15 is 0 Å². The Balaban J connectivity index is 2.43. The minimum Gasteiger partial charge on any atom is -0.387 e. The fraction of sp³-hybridized carbons (Fsp3) is 0.214. The van der Waals surface area contributed by atoms with Crippen molar-refractivity contribution in [1.82, 2.24) is 5.32 Å². The highest BCUT2D eigenvalue weighted by Crippen LogP contribution is 2.12. The van der Waals surface area contributed by atoms with Gasteiger partial charge < -0.3 is 10.4 Å². The third kappa shape index (κ3) is 4.93. The van der Waals surface area contributed by atoms with Gasteiger partial charge >= 0.3 is 0 Å². The molecule has 0 saturated heterocycles. The Morgan fingerprint density at radius 3 is 2.67 bits per heavy atom. The van der Waals surface area contributed by atoms with Crippen LogP contribution in [0.15, 0.2) is 48.6 Å². The number of benzene rings is 1. The molecule has 2 N–H and O–H groups in total. The maximum Gasteiger partial charge on any atom is 0.244 e. The zero-order chi connectivity index (χ0) is 13.4. The summed E-state index contributed by atoms with van der Waals surface area (Å²) in [5.74, 6) is -0.640. The fourth-order valence-electron chi connectivity index (χ4n) is 1.31. The second-order valence-corrected chi connectivity index (χ2v) is 3.70. The molecule has 1 aromatic carbocycles. The van der Waals surface area contributed by atoms with Gasteiger partial charge in [0.15, 0.2) is 0 Å². The van der Waals surface area contributed by atoms with Crippen molar-refractivity contribution in [2.45, 2.75) is 13.0 Å². The second kappa shape index (κ2) is 7.40. The molecule has 0 spiro atoms. The van der Waals surface area contributed by atoms with Crippen molar-refractivity contribution < 1.29 is 14.3 Å². The Kier molecular flexibility index (Phi) is 5.80. The number of amides is 1. The molecule has 0 fully saturated rings. The molecule has 3 nitrogen and oxygen atoms in total. The van der Waals surface area contributed by atoms with Gasteiger partial charge in [0, 0.05) is 12.6 Å². The minimum atomic E-state index is -0.843. The molecule has 0 aliphatic rings. The molecular formula is C14H16FNO2. The second-order valence-electron chi connectivity index (χ2n) is 3.70. The molecule has 1 amide bonds. The molecule has 1 aromatic rings. The van der Waals surface area contributed by atoms with Gasteiger partial charge in [-0.15, -0.1) is 0 Å². The highest BCUT2D eigenvalue weighted by Gasteiger charge is 2.08. The average Bonchev–Trinajstić information content (AvgIpc) is 2.37. The Morgan fingerprint density at radius 1 is 1.39 bits per heavy atom. The van der Waals surface area contributed by atoms with E-state index in [1.165, 1.54) is 30.3 Å². The summed E-state index contributed by atoms with van der Waals surface area (Å²) >= 11 is 0. The number of hydrogen-bond acceptors (Lipinski definition) is 2. The molecule has 18 heavy (non-hydrogen) atoms. The molecule has 0 saturated carbocycles. The third-order valence-corrected chi connectivity index (χ3v) is 2.28. The van der Waals surface area contributed by atoms with Crippen molar-refractivity contribution in [3.8, 4) is 0 Å². The van der Waals surface area contributed by atoms with Crippen molar-refractivity contribution in [2.24, 2.45) is 0 Å². The van der Waals surface area contributed by atoms with Crippen molar-refractivity contribution in [1.29, 1.82) is 0 Å². The van der Waals surface area contributed by atoms with Crippen LogP contribution in [0.2, 0.25) is 0 Å². The lowest BCUT2D eigenvalue weighted by molar-refractivity contribution is -0.116. The van der Waals surface area contributed by atoms with Crippen LogP contribution in [-0.2, 0) is 4.79 Å². The number of aliphatic hydroxyl groups excluding tert-OH is 1. The van der Waals surface area contributed by atoms with Crippen molar-refractivity contribution in [2.75, 3.05) is 6.54 Å². The van der Waals surface area contributed by atoms with Crippen LogP contribution < -0.4 is 5.32 Å². The zero-order valence-electron chi connectivity index (χ0n) is 10.1. The van der Waals surface area contributed by atoms with E-state index < -0.39 is 6.10 Å². The van der Waals surface area contributed by atoms with Gasteiger partial charge in [0.25, 0.3) is 0 Å². The average molecular weight is 249 g/mol. The summed E-state index contributed by atoms with van der Waals surface area (Å²) in [6, 6.07) is 5.52. The Morgan fingerprint density at radius 2 is 2.06 bits per heavy atom. The molecule has 1 unspecified atom stereocenters. The zero-order valence-corrected chi connectivity index (χ0v) is 10.1. The highest BCUT2D eigenvalue weighted by molar-refractivity contribution is 5.87. The lowest BCUT2D eigenvalue weighted by Gasteiger charge is -2.11. The quantitative estimate of drug-likeness (QED) is 0.620. The lowest BCUT2D eigenvalue weighted by Crippen LogP contribution is -2.26. The first-order valence-electron chi connectivity index (χ1n) is 5.64. The minimum absolute atomic E-state index is 0.0879. The monoisotopic (exact) mass is 249 g/mol. The molecule has 96 valence electrons. The van der Waals surface area contributed by atoms with Crippen molar-refractivity contribution in [3.63, 3.8) is 0 Å². The molecule has 1 rings (SSSR count). The molecule has 4 heteroatoms. The van der Waals surface area contributed by atoms with Gasteiger partial charge in [0.05, 0.1) is 6.10 Å². The number of allylic oxidation sites excluding steroid dienone is 3. The number of aliphatic hydroxyl groups is 1. The smallest absolute Gasteiger partial charge is 0.244 e.